The highest BCUT2D eigenvalue weighted by Gasteiger charge is 2.29. The maximum absolute atomic E-state index is 12.9. The molecule has 1 aromatic carbocycles. The largest absolute Gasteiger partial charge is 0.461 e. The van der Waals surface area contributed by atoms with Gasteiger partial charge in [-0.2, -0.15) is 0 Å². The minimum absolute atomic E-state index is 0.0840. The Morgan fingerprint density at radius 1 is 1.15 bits per heavy atom. The van der Waals surface area contributed by atoms with Crippen LogP contribution in [0.1, 0.15) is 48.6 Å². The Morgan fingerprint density at radius 2 is 1.85 bits per heavy atom. The van der Waals surface area contributed by atoms with Crippen molar-refractivity contribution in [2.75, 3.05) is 0 Å². The predicted molar refractivity (Wildman–Crippen MR) is 96.7 cm³/mol. The number of nitrogens with zero attached hydrogens (tertiary/aromatic N) is 1. The molecule has 6 heteroatoms. The summed E-state index contributed by atoms with van der Waals surface area (Å²) in [4.78, 5) is 36.7. The van der Waals surface area contributed by atoms with E-state index in [4.69, 9.17) is 9.15 Å². The summed E-state index contributed by atoms with van der Waals surface area (Å²) >= 11 is 0. The van der Waals surface area contributed by atoms with E-state index in [1.54, 1.807) is 51.1 Å². The van der Waals surface area contributed by atoms with Crippen LogP contribution >= 0.6 is 0 Å². The number of ether oxygens (including phenoxy) is 1. The quantitative estimate of drug-likeness (QED) is 0.504. The number of aromatic nitrogens is 1. The van der Waals surface area contributed by atoms with Crippen LogP contribution in [-0.4, -0.2) is 28.3 Å². The van der Waals surface area contributed by atoms with E-state index in [2.05, 4.69) is 0 Å². The van der Waals surface area contributed by atoms with Gasteiger partial charge in [-0.3, -0.25) is 9.59 Å². The molecule has 0 aliphatic heterocycles. The number of hydrogen-bond acceptors (Lipinski definition) is 5. The normalized spacial score (nSPS) is 11.5. The van der Waals surface area contributed by atoms with Gasteiger partial charge in [-0.1, -0.05) is 18.2 Å². The van der Waals surface area contributed by atoms with E-state index in [1.165, 1.54) is 17.8 Å². The molecule has 2 aromatic heterocycles. The molecule has 0 saturated heterocycles. The Bertz CT molecular complexity index is 1020. The maximum Gasteiger partial charge on any atom is 0.419 e. The number of hydrogen-bond donors (Lipinski definition) is 0. The third kappa shape index (κ3) is 2.94. The Hall–Kier alpha value is -3.15. The standard InChI is InChI=1S/C20H19NO5/c1-12(23)18-14(9-10-25-18)17-15(11-22)13-7-5-6-8-16(13)21(17)19(24)26-20(2,3)4/h5-11H,1-4H3. The number of para-hydroxylation sites is 1. The molecule has 134 valence electrons. The number of ketones is 1. The Morgan fingerprint density at radius 3 is 2.46 bits per heavy atom. The number of Topliss-reactive ketones (excluding diaryl/α,β-unsaturated/α-hetero) is 1. The number of furan rings is 1. The molecule has 0 bridgehead atoms. The molecule has 0 unspecified atom stereocenters. The predicted octanol–water partition coefficient (Wildman–Crippen LogP) is 4.70. The van der Waals surface area contributed by atoms with Gasteiger partial charge in [-0.25, -0.2) is 9.36 Å². The van der Waals surface area contributed by atoms with Crippen molar-refractivity contribution in [2.45, 2.75) is 33.3 Å². The zero-order valence-electron chi connectivity index (χ0n) is 15.0. The fraction of sp³-hybridized carbons (Fsp3) is 0.250. The van der Waals surface area contributed by atoms with Crippen molar-refractivity contribution in [2.24, 2.45) is 0 Å². The van der Waals surface area contributed by atoms with E-state index < -0.39 is 11.7 Å². The SMILES string of the molecule is CC(=O)c1occc1-c1c(C=O)c2ccccc2n1C(=O)OC(C)(C)C. The van der Waals surface area contributed by atoms with Crippen LogP contribution in [0.5, 0.6) is 0 Å². The third-order valence-corrected chi connectivity index (χ3v) is 3.85. The summed E-state index contributed by atoms with van der Waals surface area (Å²) in [5.41, 5.74) is 0.766. The second kappa shape index (κ2) is 6.29. The second-order valence-corrected chi connectivity index (χ2v) is 6.93. The molecule has 3 aromatic rings. The molecule has 0 radical (unpaired) electrons. The Balaban J connectivity index is 2.38. The van der Waals surface area contributed by atoms with Crippen molar-refractivity contribution < 1.29 is 23.5 Å². The first-order chi connectivity index (χ1) is 12.2. The summed E-state index contributed by atoms with van der Waals surface area (Å²) in [6.07, 6.45) is 1.40. The lowest BCUT2D eigenvalue weighted by Crippen LogP contribution is -2.27. The fourth-order valence-electron chi connectivity index (χ4n) is 2.92. The second-order valence-electron chi connectivity index (χ2n) is 6.93. The summed E-state index contributed by atoms with van der Waals surface area (Å²) in [5.74, 6) is -0.219. The Kier molecular flexibility index (Phi) is 4.28. The van der Waals surface area contributed by atoms with Crippen molar-refractivity contribution >= 4 is 29.1 Å². The van der Waals surface area contributed by atoms with Crippen molar-refractivity contribution in [3.63, 3.8) is 0 Å². The van der Waals surface area contributed by atoms with Gasteiger partial charge in [-0.05, 0) is 32.9 Å². The zero-order valence-corrected chi connectivity index (χ0v) is 15.0. The molecule has 26 heavy (non-hydrogen) atoms. The summed E-state index contributed by atoms with van der Waals surface area (Å²) < 4.78 is 12.1. The third-order valence-electron chi connectivity index (χ3n) is 3.85. The van der Waals surface area contributed by atoms with E-state index in [-0.39, 0.29) is 17.2 Å². The van der Waals surface area contributed by atoms with Crippen LogP contribution in [0.4, 0.5) is 4.79 Å². The van der Waals surface area contributed by atoms with Gasteiger partial charge in [0.1, 0.15) is 5.60 Å². The molecule has 0 spiro atoms. The van der Waals surface area contributed by atoms with Crippen LogP contribution in [0.15, 0.2) is 41.0 Å². The number of carbonyl (C=O) groups excluding carboxylic acids is 3. The number of carbonyl (C=O) groups is 3. The molecule has 0 amide bonds. The fourth-order valence-corrected chi connectivity index (χ4v) is 2.92. The van der Waals surface area contributed by atoms with Crippen molar-refractivity contribution in [3.8, 4) is 11.3 Å². The van der Waals surface area contributed by atoms with Gasteiger partial charge in [0.15, 0.2) is 17.8 Å². The minimum Gasteiger partial charge on any atom is -0.461 e. The highest BCUT2D eigenvalue weighted by Crippen LogP contribution is 2.36. The van der Waals surface area contributed by atoms with Gasteiger partial charge in [-0.15, -0.1) is 0 Å². The molecule has 6 nitrogen and oxygen atoms in total. The maximum atomic E-state index is 12.9. The van der Waals surface area contributed by atoms with Gasteiger partial charge in [0.25, 0.3) is 0 Å². The van der Waals surface area contributed by atoms with Gasteiger partial charge in [0.2, 0.25) is 0 Å². The van der Waals surface area contributed by atoms with Crippen LogP contribution in [-0.2, 0) is 4.74 Å². The number of rotatable bonds is 3. The zero-order chi connectivity index (χ0) is 19.1. The molecular formula is C20H19NO5. The topological polar surface area (TPSA) is 78.5 Å². The summed E-state index contributed by atoms with van der Waals surface area (Å²) in [6.45, 7) is 6.64. The molecule has 0 saturated carbocycles. The van der Waals surface area contributed by atoms with Gasteiger partial charge in [0.05, 0.1) is 17.5 Å². The molecular weight excluding hydrogens is 334 g/mol. The average molecular weight is 353 g/mol. The first-order valence-corrected chi connectivity index (χ1v) is 8.15. The molecule has 0 atom stereocenters. The van der Waals surface area contributed by atoms with E-state index in [1.807, 2.05) is 0 Å². The summed E-state index contributed by atoms with van der Waals surface area (Å²) in [7, 11) is 0. The first-order valence-electron chi connectivity index (χ1n) is 8.15. The molecule has 0 fully saturated rings. The number of benzene rings is 1. The van der Waals surface area contributed by atoms with E-state index in [0.29, 0.717) is 28.3 Å². The van der Waals surface area contributed by atoms with Gasteiger partial charge in [0, 0.05) is 23.4 Å². The van der Waals surface area contributed by atoms with Crippen molar-refractivity contribution in [1.82, 2.24) is 4.57 Å². The van der Waals surface area contributed by atoms with Gasteiger partial charge < -0.3 is 9.15 Å². The Labute approximate surface area is 150 Å². The smallest absolute Gasteiger partial charge is 0.419 e. The van der Waals surface area contributed by atoms with Crippen LogP contribution in [0.3, 0.4) is 0 Å². The van der Waals surface area contributed by atoms with Crippen molar-refractivity contribution in [1.29, 1.82) is 0 Å². The molecule has 0 aliphatic carbocycles. The lowest BCUT2D eigenvalue weighted by Gasteiger charge is -2.21. The number of aldehydes is 1. The van der Waals surface area contributed by atoms with E-state index in [9.17, 15) is 14.4 Å². The molecule has 3 rings (SSSR count). The lowest BCUT2D eigenvalue weighted by atomic mass is 10.1. The average Bonchev–Trinajstić information content (AvgIpc) is 3.15. The summed E-state index contributed by atoms with van der Waals surface area (Å²) in [5, 5.41) is 0.596. The van der Waals surface area contributed by atoms with E-state index in [0.717, 1.165) is 0 Å². The highest BCUT2D eigenvalue weighted by molar-refractivity contribution is 6.11. The molecule has 2 heterocycles. The first kappa shape index (κ1) is 17.7. The molecule has 0 N–H and O–H groups in total. The van der Waals surface area contributed by atoms with Crippen molar-refractivity contribution in [3.05, 3.63) is 47.9 Å². The van der Waals surface area contributed by atoms with E-state index >= 15 is 0 Å². The van der Waals surface area contributed by atoms with Crippen LogP contribution in [0, 0.1) is 0 Å². The highest BCUT2D eigenvalue weighted by atomic mass is 16.6. The lowest BCUT2D eigenvalue weighted by molar-refractivity contribution is 0.0547. The monoisotopic (exact) mass is 353 g/mol. The van der Waals surface area contributed by atoms with Crippen LogP contribution < -0.4 is 0 Å². The molecule has 0 aliphatic rings. The van der Waals surface area contributed by atoms with Gasteiger partial charge >= 0.3 is 6.09 Å². The number of fused-ring (bicyclic) bond motifs is 1. The summed E-state index contributed by atoms with van der Waals surface area (Å²) in [6, 6.07) is 8.58. The van der Waals surface area contributed by atoms with Crippen LogP contribution in [0.25, 0.3) is 22.2 Å². The minimum atomic E-state index is -0.721. The van der Waals surface area contributed by atoms with Crippen LogP contribution in [0.2, 0.25) is 0 Å².